The average molecular weight is 163 g/mol. The van der Waals surface area contributed by atoms with Crippen LogP contribution in [0.1, 0.15) is 20.3 Å². The Kier molecular flexibility index (Phi) is 3.99. The van der Waals surface area contributed by atoms with Crippen molar-refractivity contribution in [3.05, 3.63) is 10.1 Å². The molecule has 0 saturated heterocycles. The maximum atomic E-state index is 9.96. The van der Waals surface area contributed by atoms with E-state index in [1.54, 1.807) is 13.8 Å². The quantitative estimate of drug-likeness (QED) is 0.347. The fraction of sp³-hybridized carbons (Fsp3) is 1.00. The molecule has 0 aliphatic carbocycles. The molecule has 0 aliphatic heterocycles. The molecule has 0 aromatic carbocycles. The van der Waals surface area contributed by atoms with Gasteiger partial charge in [-0.2, -0.15) is 0 Å². The first-order chi connectivity index (χ1) is 5.00. The van der Waals surface area contributed by atoms with Gasteiger partial charge in [-0.05, 0) is 5.92 Å². The summed E-state index contributed by atoms with van der Waals surface area (Å²) in [4.78, 5) is 9.06. The fourth-order valence-electron chi connectivity index (χ4n) is 0.660. The summed E-state index contributed by atoms with van der Waals surface area (Å²) >= 11 is 0. The molecule has 0 fully saturated rings. The van der Waals surface area contributed by atoms with Crippen LogP contribution in [0, 0.1) is 16.0 Å². The number of rotatable bonds is 4. The molecule has 0 saturated carbocycles. The van der Waals surface area contributed by atoms with Crippen molar-refractivity contribution < 1.29 is 15.1 Å². The van der Waals surface area contributed by atoms with Gasteiger partial charge in [0.05, 0.1) is 4.92 Å². The van der Waals surface area contributed by atoms with Crippen molar-refractivity contribution in [1.29, 1.82) is 0 Å². The number of nitro groups is 1. The molecule has 0 amide bonds. The summed E-state index contributed by atoms with van der Waals surface area (Å²) in [6.45, 7) is 3.44. The van der Waals surface area contributed by atoms with Crippen molar-refractivity contribution in [2.24, 2.45) is 5.92 Å². The lowest BCUT2D eigenvalue weighted by atomic mass is 10.0. The first kappa shape index (κ1) is 10.3. The maximum absolute atomic E-state index is 9.96. The number of hydrogen-bond acceptors (Lipinski definition) is 4. The molecule has 0 aromatic rings. The molecule has 0 bridgehead atoms. The predicted octanol–water partition coefficient (Wildman–Crippen LogP) is -0.0115. The molecule has 5 heteroatoms. The van der Waals surface area contributed by atoms with Gasteiger partial charge >= 0.3 is 6.23 Å². The number of aliphatic hydroxyl groups is 2. The van der Waals surface area contributed by atoms with Crippen molar-refractivity contribution in [2.75, 3.05) is 0 Å². The Hall–Kier alpha value is -0.680. The minimum atomic E-state index is -1.86. The average Bonchev–Trinajstić information content (AvgIpc) is 2.00. The molecule has 5 nitrogen and oxygen atoms in total. The Morgan fingerprint density at radius 2 is 2.00 bits per heavy atom. The lowest BCUT2D eigenvalue weighted by Crippen LogP contribution is -2.37. The van der Waals surface area contributed by atoms with Gasteiger partial charge in [0.1, 0.15) is 0 Å². The highest BCUT2D eigenvalue weighted by molar-refractivity contribution is 4.64. The van der Waals surface area contributed by atoms with Gasteiger partial charge in [-0.3, -0.25) is 10.1 Å². The van der Waals surface area contributed by atoms with E-state index in [0.717, 1.165) is 0 Å². The molecule has 0 spiro atoms. The Bertz CT molecular complexity index is 139. The van der Waals surface area contributed by atoms with Crippen LogP contribution in [0.2, 0.25) is 0 Å². The fourth-order valence-corrected chi connectivity index (χ4v) is 0.660. The number of nitrogens with zero attached hydrogens (tertiary/aromatic N) is 1. The van der Waals surface area contributed by atoms with Crippen molar-refractivity contribution in [2.45, 2.75) is 32.6 Å². The molecule has 66 valence electrons. The summed E-state index contributed by atoms with van der Waals surface area (Å²) in [5.41, 5.74) is 0. The smallest absolute Gasteiger partial charge is 0.339 e. The molecule has 3 atom stereocenters. The molecule has 0 radical (unpaired) electrons. The molecule has 3 unspecified atom stereocenters. The first-order valence-electron chi connectivity index (χ1n) is 3.50. The SMILES string of the molecule is CCC(C)C(O)C(O)[N+](=O)[O-]. The highest BCUT2D eigenvalue weighted by atomic mass is 16.7. The largest absolute Gasteiger partial charge is 0.383 e. The van der Waals surface area contributed by atoms with Crippen LogP contribution in [-0.4, -0.2) is 27.5 Å². The zero-order valence-corrected chi connectivity index (χ0v) is 6.60. The third-order valence-electron chi connectivity index (χ3n) is 1.75. The van der Waals surface area contributed by atoms with E-state index in [1.165, 1.54) is 0 Å². The summed E-state index contributed by atoms with van der Waals surface area (Å²) in [7, 11) is 0. The van der Waals surface area contributed by atoms with Gasteiger partial charge in [0, 0.05) is 0 Å². The van der Waals surface area contributed by atoms with Crippen LogP contribution in [0.5, 0.6) is 0 Å². The van der Waals surface area contributed by atoms with Crippen molar-refractivity contribution >= 4 is 0 Å². The van der Waals surface area contributed by atoms with Gasteiger partial charge in [0.15, 0.2) is 6.10 Å². The van der Waals surface area contributed by atoms with Gasteiger partial charge in [0.2, 0.25) is 0 Å². The molecule has 11 heavy (non-hydrogen) atoms. The lowest BCUT2D eigenvalue weighted by molar-refractivity contribution is -0.584. The lowest BCUT2D eigenvalue weighted by Gasteiger charge is -2.16. The maximum Gasteiger partial charge on any atom is 0.339 e. The summed E-state index contributed by atoms with van der Waals surface area (Å²) in [5, 5.41) is 27.8. The third kappa shape index (κ3) is 2.81. The zero-order valence-electron chi connectivity index (χ0n) is 6.60. The third-order valence-corrected chi connectivity index (χ3v) is 1.75. The molecular formula is C6H13NO4. The van der Waals surface area contributed by atoms with Gasteiger partial charge in [-0.15, -0.1) is 0 Å². The Balaban J connectivity index is 4.00. The van der Waals surface area contributed by atoms with Crippen LogP contribution >= 0.6 is 0 Å². The molecule has 0 rings (SSSR count). The number of aliphatic hydroxyl groups excluding tert-OH is 2. The van der Waals surface area contributed by atoms with Crippen LogP contribution < -0.4 is 0 Å². The highest BCUT2D eigenvalue weighted by Gasteiger charge is 2.30. The van der Waals surface area contributed by atoms with E-state index in [2.05, 4.69) is 0 Å². The second kappa shape index (κ2) is 4.25. The van der Waals surface area contributed by atoms with Gasteiger partial charge in [0.25, 0.3) is 0 Å². The van der Waals surface area contributed by atoms with E-state index in [9.17, 15) is 10.1 Å². The van der Waals surface area contributed by atoms with Crippen molar-refractivity contribution in [3.8, 4) is 0 Å². The van der Waals surface area contributed by atoms with Crippen LogP contribution in [-0.2, 0) is 0 Å². The summed E-state index contributed by atoms with van der Waals surface area (Å²) in [5.74, 6) is -0.254. The normalized spacial score (nSPS) is 18.9. The number of hydrogen-bond donors (Lipinski definition) is 2. The highest BCUT2D eigenvalue weighted by Crippen LogP contribution is 2.10. The van der Waals surface area contributed by atoms with Crippen LogP contribution in [0.3, 0.4) is 0 Å². The Morgan fingerprint density at radius 1 is 1.55 bits per heavy atom. The molecule has 0 heterocycles. The van der Waals surface area contributed by atoms with E-state index in [4.69, 9.17) is 10.2 Å². The first-order valence-corrected chi connectivity index (χ1v) is 3.50. The van der Waals surface area contributed by atoms with Crippen molar-refractivity contribution in [3.63, 3.8) is 0 Å². The summed E-state index contributed by atoms with van der Waals surface area (Å²) in [6, 6.07) is 0. The van der Waals surface area contributed by atoms with Crippen LogP contribution in [0.15, 0.2) is 0 Å². The summed E-state index contributed by atoms with van der Waals surface area (Å²) < 4.78 is 0. The summed E-state index contributed by atoms with van der Waals surface area (Å²) in [6.07, 6.45) is -2.52. The molecule has 2 N–H and O–H groups in total. The monoisotopic (exact) mass is 163 g/mol. The van der Waals surface area contributed by atoms with Gasteiger partial charge in [-0.25, -0.2) is 0 Å². The van der Waals surface area contributed by atoms with Gasteiger partial charge in [-0.1, -0.05) is 20.3 Å². The predicted molar refractivity (Wildman–Crippen MR) is 38.5 cm³/mol. The second-order valence-corrected chi connectivity index (χ2v) is 2.58. The minimum absolute atomic E-state index is 0.254. The molecular weight excluding hydrogens is 150 g/mol. The molecule has 0 aromatic heterocycles. The van der Waals surface area contributed by atoms with Crippen molar-refractivity contribution in [1.82, 2.24) is 0 Å². The van der Waals surface area contributed by atoms with Gasteiger partial charge < -0.3 is 10.2 Å². The van der Waals surface area contributed by atoms with Crippen LogP contribution in [0.4, 0.5) is 0 Å². The van der Waals surface area contributed by atoms with E-state index in [-0.39, 0.29) is 5.92 Å². The van der Waals surface area contributed by atoms with E-state index in [0.29, 0.717) is 6.42 Å². The minimum Gasteiger partial charge on any atom is -0.383 e. The Labute approximate surface area is 64.8 Å². The van der Waals surface area contributed by atoms with E-state index in [1.807, 2.05) is 0 Å². The standard InChI is InChI=1S/C6H13NO4/c1-3-4(2)5(8)6(9)7(10)11/h4-6,8-9H,3H2,1-2H3. The zero-order chi connectivity index (χ0) is 9.02. The molecule has 0 aliphatic rings. The van der Waals surface area contributed by atoms with E-state index >= 15 is 0 Å². The Morgan fingerprint density at radius 3 is 2.27 bits per heavy atom. The second-order valence-electron chi connectivity index (χ2n) is 2.58. The van der Waals surface area contributed by atoms with Crippen LogP contribution in [0.25, 0.3) is 0 Å². The van der Waals surface area contributed by atoms with E-state index < -0.39 is 17.3 Å². The topological polar surface area (TPSA) is 83.6 Å².